The highest BCUT2D eigenvalue weighted by atomic mass is 16.4. The zero-order chi connectivity index (χ0) is 14.1. The monoisotopic (exact) mass is 265 g/mol. The fourth-order valence-corrected chi connectivity index (χ4v) is 2.42. The zero-order valence-corrected chi connectivity index (χ0v) is 11.2. The summed E-state index contributed by atoms with van der Waals surface area (Å²) in [5.74, 6) is -0.353. The molecular formula is C17H15NO2. The van der Waals surface area contributed by atoms with Crippen LogP contribution in [0, 0.1) is 5.92 Å². The van der Waals surface area contributed by atoms with Gasteiger partial charge in [-0.2, -0.15) is 0 Å². The third kappa shape index (κ3) is 2.23. The van der Waals surface area contributed by atoms with Gasteiger partial charge in [0.1, 0.15) is 0 Å². The van der Waals surface area contributed by atoms with Crippen LogP contribution in [0.5, 0.6) is 0 Å². The van der Waals surface area contributed by atoms with Crippen LogP contribution in [0.25, 0.3) is 16.5 Å². The Kier molecular flexibility index (Phi) is 3.11. The first-order chi connectivity index (χ1) is 9.65. The van der Waals surface area contributed by atoms with Gasteiger partial charge in [-0.05, 0) is 42.2 Å². The van der Waals surface area contributed by atoms with E-state index >= 15 is 0 Å². The molecule has 3 heteroatoms. The summed E-state index contributed by atoms with van der Waals surface area (Å²) < 4.78 is 0. The Morgan fingerprint density at radius 1 is 1.30 bits per heavy atom. The van der Waals surface area contributed by atoms with E-state index in [1.54, 1.807) is 12.1 Å². The molecule has 1 heterocycles. The van der Waals surface area contributed by atoms with E-state index in [4.69, 9.17) is 0 Å². The Bertz CT molecular complexity index is 744. The maximum atomic E-state index is 11.2. The molecule has 20 heavy (non-hydrogen) atoms. The second kappa shape index (κ2) is 4.93. The normalized spacial score (nSPS) is 18.1. The van der Waals surface area contributed by atoms with Gasteiger partial charge in [0.15, 0.2) is 0 Å². The van der Waals surface area contributed by atoms with E-state index in [9.17, 15) is 9.90 Å². The van der Waals surface area contributed by atoms with Crippen molar-refractivity contribution in [3.63, 3.8) is 0 Å². The predicted molar refractivity (Wildman–Crippen MR) is 79.6 cm³/mol. The first-order valence-corrected chi connectivity index (χ1v) is 6.67. The van der Waals surface area contributed by atoms with Crippen LogP contribution in [-0.4, -0.2) is 16.1 Å². The number of rotatable bonds is 2. The fourth-order valence-electron chi connectivity index (χ4n) is 2.42. The van der Waals surface area contributed by atoms with Gasteiger partial charge < -0.3 is 5.11 Å². The molecule has 1 aliphatic rings. The van der Waals surface area contributed by atoms with E-state index in [2.05, 4.69) is 30.1 Å². The molecule has 1 aromatic carbocycles. The molecule has 0 saturated heterocycles. The molecule has 3 nitrogen and oxygen atoms in total. The lowest BCUT2D eigenvalue weighted by Crippen LogP contribution is -2.00. The van der Waals surface area contributed by atoms with E-state index < -0.39 is 5.97 Å². The molecule has 0 aliphatic heterocycles. The molecule has 1 atom stereocenters. The van der Waals surface area contributed by atoms with Crippen LogP contribution < -0.4 is 0 Å². The van der Waals surface area contributed by atoms with Crippen molar-refractivity contribution in [3.05, 3.63) is 59.8 Å². The van der Waals surface area contributed by atoms with Crippen molar-refractivity contribution >= 4 is 22.4 Å². The van der Waals surface area contributed by atoms with E-state index in [1.165, 1.54) is 0 Å². The molecule has 0 fully saturated rings. The van der Waals surface area contributed by atoms with Crippen molar-refractivity contribution in [2.45, 2.75) is 13.3 Å². The second-order valence-electron chi connectivity index (χ2n) is 5.11. The van der Waals surface area contributed by atoms with Crippen molar-refractivity contribution in [1.82, 2.24) is 4.98 Å². The SMILES string of the molecule is CC1C=CC(c2ccc3c(C(=O)O)cccc3n2)=CC1. The fraction of sp³-hybridized carbons (Fsp3) is 0.176. The molecule has 1 aromatic heterocycles. The third-order valence-corrected chi connectivity index (χ3v) is 3.57. The summed E-state index contributed by atoms with van der Waals surface area (Å²) in [5.41, 5.74) is 3.01. The number of carboxylic acid groups (broad SMARTS) is 1. The van der Waals surface area contributed by atoms with Gasteiger partial charge in [0.2, 0.25) is 0 Å². The summed E-state index contributed by atoms with van der Waals surface area (Å²) in [6, 6.07) is 8.92. The predicted octanol–water partition coefficient (Wildman–Crippen LogP) is 3.91. The number of fused-ring (bicyclic) bond motifs is 1. The highest BCUT2D eigenvalue weighted by molar-refractivity contribution is 6.02. The molecule has 100 valence electrons. The second-order valence-corrected chi connectivity index (χ2v) is 5.11. The molecular weight excluding hydrogens is 250 g/mol. The van der Waals surface area contributed by atoms with Crippen LogP contribution in [0.4, 0.5) is 0 Å². The van der Waals surface area contributed by atoms with Crippen molar-refractivity contribution in [1.29, 1.82) is 0 Å². The first kappa shape index (κ1) is 12.6. The number of allylic oxidation sites excluding steroid dienone is 4. The topological polar surface area (TPSA) is 50.2 Å². The summed E-state index contributed by atoms with van der Waals surface area (Å²) in [7, 11) is 0. The number of nitrogens with zero attached hydrogens (tertiary/aromatic N) is 1. The molecule has 1 unspecified atom stereocenters. The maximum Gasteiger partial charge on any atom is 0.336 e. The highest BCUT2D eigenvalue weighted by Gasteiger charge is 2.11. The Labute approximate surface area is 117 Å². The molecule has 1 N–H and O–H groups in total. The quantitative estimate of drug-likeness (QED) is 0.895. The Morgan fingerprint density at radius 2 is 2.15 bits per heavy atom. The summed E-state index contributed by atoms with van der Waals surface area (Å²) in [6.45, 7) is 2.18. The lowest BCUT2D eigenvalue weighted by molar-refractivity contribution is 0.0699. The number of carbonyl (C=O) groups is 1. The zero-order valence-electron chi connectivity index (χ0n) is 11.2. The molecule has 0 bridgehead atoms. The summed E-state index contributed by atoms with van der Waals surface area (Å²) in [4.78, 5) is 15.8. The number of hydrogen-bond donors (Lipinski definition) is 1. The minimum Gasteiger partial charge on any atom is -0.478 e. The minimum absolute atomic E-state index is 0.295. The van der Waals surface area contributed by atoms with Gasteiger partial charge in [-0.1, -0.05) is 31.2 Å². The van der Waals surface area contributed by atoms with Crippen molar-refractivity contribution in [2.24, 2.45) is 5.92 Å². The molecule has 3 rings (SSSR count). The van der Waals surface area contributed by atoms with E-state index in [-0.39, 0.29) is 0 Å². The maximum absolute atomic E-state index is 11.2. The lowest BCUT2D eigenvalue weighted by atomic mass is 9.96. The average molecular weight is 265 g/mol. The van der Waals surface area contributed by atoms with Crippen molar-refractivity contribution in [3.8, 4) is 0 Å². The van der Waals surface area contributed by atoms with Crippen LogP contribution in [0.2, 0.25) is 0 Å². The number of pyridine rings is 1. The van der Waals surface area contributed by atoms with E-state index in [1.807, 2.05) is 18.2 Å². The molecule has 0 spiro atoms. The highest BCUT2D eigenvalue weighted by Crippen LogP contribution is 2.25. The third-order valence-electron chi connectivity index (χ3n) is 3.57. The molecule has 2 aromatic rings. The number of hydrogen-bond acceptors (Lipinski definition) is 2. The largest absolute Gasteiger partial charge is 0.478 e. The molecule has 1 aliphatic carbocycles. The summed E-state index contributed by atoms with van der Waals surface area (Å²) in [5, 5.41) is 9.86. The van der Waals surface area contributed by atoms with Gasteiger partial charge in [-0.15, -0.1) is 0 Å². The van der Waals surface area contributed by atoms with Crippen LogP contribution in [0.1, 0.15) is 29.4 Å². The van der Waals surface area contributed by atoms with E-state index in [0.717, 1.165) is 23.2 Å². The smallest absolute Gasteiger partial charge is 0.336 e. The molecule has 0 amide bonds. The summed E-state index contributed by atoms with van der Waals surface area (Å²) in [6.07, 6.45) is 7.46. The number of benzene rings is 1. The van der Waals surface area contributed by atoms with Gasteiger partial charge in [0.05, 0.1) is 16.8 Å². The minimum atomic E-state index is -0.921. The van der Waals surface area contributed by atoms with Crippen molar-refractivity contribution < 1.29 is 9.90 Å². The van der Waals surface area contributed by atoms with Crippen LogP contribution >= 0.6 is 0 Å². The van der Waals surface area contributed by atoms with Crippen LogP contribution in [0.15, 0.2) is 48.6 Å². The Hall–Kier alpha value is -2.42. The standard InChI is InChI=1S/C17H15NO2/c1-11-5-7-12(8-6-11)15-10-9-13-14(17(19)20)3-2-4-16(13)18-15/h2-5,7-11H,6H2,1H3,(H,19,20). The number of aromatic nitrogens is 1. The molecule has 0 saturated carbocycles. The van der Waals surface area contributed by atoms with Crippen LogP contribution in [-0.2, 0) is 0 Å². The van der Waals surface area contributed by atoms with Crippen molar-refractivity contribution in [2.75, 3.05) is 0 Å². The number of aromatic carboxylic acids is 1. The van der Waals surface area contributed by atoms with Crippen LogP contribution in [0.3, 0.4) is 0 Å². The van der Waals surface area contributed by atoms with Gasteiger partial charge in [-0.3, -0.25) is 0 Å². The molecule has 0 radical (unpaired) electrons. The summed E-state index contributed by atoms with van der Waals surface area (Å²) >= 11 is 0. The average Bonchev–Trinajstić information content (AvgIpc) is 2.46. The first-order valence-electron chi connectivity index (χ1n) is 6.67. The Balaban J connectivity index is 2.08. The van der Waals surface area contributed by atoms with Gasteiger partial charge in [0, 0.05) is 5.39 Å². The lowest BCUT2D eigenvalue weighted by Gasteiger charge is -2.12. The van der Waals surface area contributed by atoms with Gasteiger partial charge >= 0.3 is 5.97 Å². The van der Waals surface area contributed by atoms with E-state index in [0.29, 0.717) is 16.9 Å². The Morgan fingerprint density at radius 3 is 2.85 bits per heavy atom. The number of carboxylic acids is 1. The van der Waals surface area contributed by atoms with Gasteiger partial charge in [-0.25, -0.2) is 9.78 Å². The van der Waals surface area contributed by atoms with Gasteiger partial charge in [0.25, 0.3) is 0 Å².